The van der Waals surface area contributed by atoms with Gasteiger partial charge in [-0.05, 0) is 18.3 Å². The number of hydrogen-bond acceptors (Lipinski definition) is 4. The molecule has 7 heteroatoms. The molecular weight excluding hydrogens is 274 g/mol. The van der Waals surface area contributed by atoms with Crippen LogP contribution in [-0.2, 0) is 16.0 Å². The number of nitrogens with zero attached hydrogens (tertiary/aromatic N) is 2. The molecular formula is C11H14ClN3O2S. The van der Waals surface area contributed by atoms with Gasteiger partial charge in [0.2, 0.25) is 0 Å². The first-order chi connectivity index (χ1) is 8.72. The molecule has 0 saturated heterocycles. The Morgan fingerprint density at radius 2 is 2.28 bits per heavy atom. The maximum absolute atomic E-state index is 5.88. The number of hydrogen-bond donors (Lipinski definition) is 1. The highest BCUT2D eigenvalue weighted by Gasteiger charge is 2.05. The zero-order valence-electron chi connectivity index (χ0n) is 9.98. The first-order valence-corrected chi connectivity index (χ1v) is 6.31. The molecule has 18 heavy (non-hydrogen) atoms. The zero-order valence-corrected chi connectivity index (χ0v) is 11.6. The van der Waals surface area contributed by atoms with Gasteiger partial charge in [-0.1, -0.05) is 11.6 Å². The van der Waals surface area contributed by atoms with E-state index in [1.165, 1.54) is 0 Å². The van der Waals surface area contributed by atoms with E-state index in [0.29, 0.717) is 36.2 Å². The molecule has 98 valence electrons. The molecule has 5 nitrogen and oxygen atoms in total. The average Bonchev–Trinajstić information content (AvgIpc) is 2.64. The SMILES string of the molecule is COCCOCCn1c(=S)[nH]c2cc(Cl)cnc21. The second-order valence-corrected chi connectivity index (χ2v) is 4.53. The van der Waals surface area contributed by atoms with Crippen LogP contribution < -0.4 is 0 Å². The van der Waals surface area contributed by atoms with Gasteiger partial charge in [0.15, 0.2) is 10.4 Å². The molecule has 0 amide bonds. The quantitative estimate of drug-likeness (QED) is 0.655. The van der Waals surface area contributed by atoms with E-state index in [2.05, 4.69) is 9.97 Å². The number of ether oxygens (including phenoxy) is 2. The van der Waals surface area contributed by atoms with E-state index < -0.39 is 0 Å². The van der Waals surface area contributed by atoms with Crippen molar-refractivity contribution in [3.63, 3.8) is 0 Å². The molecule has 0 fully saturated rings. The summed E-state index contributed by atoms with van der Waals surface area (Å²) >= 11 is 11.1. The Morgan fingerprint density at radius 3 is 3.06 bits per heavy atom. The molecule has 0 aromatic carbocycles. The van der Waals surface area contributed by atoms with Crippen LogP contribution in [0.25, 0.3) is 11.2 Å². The fourth-order valence-electron chi connectivity index (χ4n) is 1.63. The molecule has 0 unspecified atom stereocenters. The minimum atomic E-state index is 0.564. The summed E-state index contributed by atoms with van der Waals surface area (Å²) in [4.78, 5) is 7.34. The second-order valence-electron chi connectivity index (χ2n) is 3.71. The largest absolute Gasteiger partial charge is 0.382 e. The van der Waals surface area contributed by atoms with Gasteiger partial charge in [0, 0.05) is 13.3 Å². The van der Waals surface area contributed by atoms with Gasteiger partial charge in [-0.25, -0.2) is 4.98 Å². The molecule has 0 aliphatic rings. The molecule has 0 radical (unpaired) electrons. The third kappa shape index (κ3) is 3.08. The van der Waals surface area contributed by atoms with Gasteiger partial charge in [0.25, 0.3) is 0 Å². The number of H-pyrrole nitrogens is 1. The summed E-state index contributed by atoms with van der Waals surface area (Å²) in [6, 6.07) is 1.81. The number of rotatable bonds is 6. The van der Waals surface area contributed by atoms with Crippen molar-refractivity contribution >= 4 is 35.0 Å². The van der Waals surface area contributed by atoms with Crippen molar-refractivity contribution in [2.45, 2.75) is 6.54 Å². The summed E-state index contributed by atoms with van der Waals surface area (Å²) in [6.45, 7) is 2.38. The maximum Gasteiger partial charge on any atom is 0.179 e. The number of aromatic amines is 1. The molecule has 2 rings (SSSR count). The number of imidazole rings is 1. The molecule has 2 aromatic rings. The van der Waals surface area contributed by atoms with E-state index in [9.17, 15) is 0 Å². The molecule has 0 saturated carbocycles. The monoisotopic (exact) mass is 287 g/mol. The Morgan fingerprint density at radius 1 is 1.44 bits per heavy atom. The van der Waals surface area contributed by atoms with Crippen molar-refractivity contribution < 1.29 is 9.47 Å². The van der Waals surface area contributed by atoms with Crippen LogP contribution >= 0.6 is 23.8 Å². The zero-order chi connectivity index (χ0) is 13.0. The van der Waals surface area contributed by atoms with Crippen molar-refractivity contribution in [2.75, 3.05) is 26.9 Å². The van der Waals surface area contributed by atoms with Crippen LogP contribution in [0, 0.1) is 4.77 Å². The molecule has 0 bridgehead atoms. The van der Waals surface area contributed by atoms with Gasteiger partial charge >= 0.3 is 0 Å². The Labute approximate surface area is 115 Å². The first-order valence-electron chi connectivity index (χ1n) is 5.53. The van der Waals surface area contributed by atoms with Gasteiger partial charge in [-0.2, -0.15) is 0 Å². The Balaban J connectivity index is 2.08. The van der Waals surface area contributed by atoms with Gasteiger partial charge in [-0.3, -0.25) is 4.57 Å². The van der Waals surface area contributed by atoms with E-state index in [4.69, 9.17) is 33.3 Å². The normalized spacial score (nSPS) is 11.2. The minimum Gasteiger partial charge on any atom is -0.382 e. The number of nitrogens with one attached hydrogen (secondary N) is 1. The van der Waals surface area contributed by atoms with Crippen molar-refractivity contribution in [3.05, 3.63) is 22.1 Å². The maximum atomic E-state index is 5.88. The topological polar surface area (TPSA) is 52.1 Å². The summed E-state index contributed by atoms with van der Waals surface area (Å²) in [6.07, 6.45) is 1.61. The van der Waals surface area contributed by atoms with Crippen LogP contribution in [0.4, 0.5) is 0 Å². The lowest BCUT2D eigenvalue weighted by Gasteiger charge is -2.05. The van der Waals surface area contributed by atoms with Crippen LogP contribution in [0.15, 0.2) is 12.3 Å². The van der Waals surface area contributed by atoms with Gasteiger partial charge in [0.05, 0.1) is 36.9 Å². The fraction of sp³-hybridized carbons (Fsp3) is 0.455. The highest BCUT2D eigenvalue weighted by molar-refractivity contribution is 7.71. The molecule has 0 aliphatic heterocycles. The predicted octanol–water partition coefficient (Wildman–Crippen LogP) is 2.41. The lowest BCUT2D eigenvalue weighted by atomic mass is 10.4. The van der Waals surface area contributed by atoms with Crippen molar-refractivity contribution in [1.29, 1.82) is 0 Å². The smallest absolute Gasteiger partial charge is 0.179 e. The van der Waals surface area contributed by atoms with Crippen molar-refractivity contribution in [2.24, 2.45) is 0 Å². The molecule has 0 spiro atoms. The second kappa shape index (κ2) is 6.29. The lowest BCUT2D eigenvalue weighted by molar-refractivity contribution is 0.0668. The predicted molar refractivity (Wildman–Crippen MR) is 72.6 cm³/mol. The molecule has 2 aromatic heterocycles. The number of methoxy groups -OCH3 is 1. The Bertz CT molecular complexity index is 581. The third-order valence-corrected chi connectivity index (χ3v) is 3.00. The van der Waals surface area contributed by atoms with Gasteiger partial charge in [0.1, 0.15) is 0 Å². The fourth-order valence-corrected chi connectivity index (χ4v) is 2.07. The molecule has 0 atom stereocenters. The Hall–Kier alpha value is -0.950. The van der Waals surface area contributed by atoms with Crippen LogP contribution in [-0.4, -0.2) is 41.5 Å². The first kappa shape index (κ1) is 13.5. The van der Waals surface area contributed by atoms with E-state index >= 15 is 0 Å². The summed E-state index contributed by atoms with van der Waals surface area (Å²) < 4.78 is 12.8. The summed E-state index contributed by atoms with van der Waals surface area (Å²) in [7, 11) is 1.65. The molecule has 2 heterocycles. The minimum absolute atomic E-state index is 0.564. The number of pyridine rings is 1. The van der Waals surface area contributed by atoms with Crippen LogP contribution in [0.3, 0.4) is 0 Å². The van der Waals surface area contributed by atoms with Gasteiger partial charge in [-0.15, -0.1) is 0 Å². The molecule has 0 aliphatic carbocycles. The van der Waals surface area contributed by atoms with Crippen molar-refractivity contribution in [1.82, 2.24) is 14.5 Å². The summed E-state index contributed by atoms with van der Waals surface area (Å²) in [5.41, 5.74) is 1.63. The van der Waals surface area contributed by atoms with E-state index in [0.717, 1.165) is 11.2 Å². The average molecular weight is 288 g/mol. The van der Waals surface area contributed by atoms with Crippen LogP contribution in [0.5, 0.6) is 0 Å². The number of aromatic nitrogens is 3. The Kier molecular flexibility index (Phi) is 4.71. The highest BCUT2D eigenvalue weighted by atomic mass is 35.5. The lowest BCUT2D eigenvalue weighted by Crippen LogP contribution is -2.09. The number of fused-ring (bicyclic) bond motifs is 1. The highest BCUT2D eigenvalue weighted by Crippen LogP contribution is 2.16. The van der Waals surface area contributed by atoms with E-state index in [-0.39, 0.29) is 0 Å². The van der Waals surface area contributed by atoms with Crippen LogP contribution in [0.2, 0.25) is 5.02 Å². The van der Waals surface area contributed by atoms with E-state index in [1.54, 1.807) is 13.3 Å². The third-order valence-electron chi connectivity index (χ3n) is 2.47. The van der Waals surface area contributed by atoms with Crippen molar-refractivity contribution in [3.8, 4) is 0 Å². The number of halogens is 1. The van der Waals surface area contributed by atoms with Gasteiger partial charge < -0.3 is 14.5 Å². The van der Waals surface area contributed by atoms with E-state index in [1.807, 2.05) is 10.6 Å². The summed E-state index contributed by atoms with van der Waals surface area (Å²) in [5.74, 6) is 0. The summed E-state index contributed by atoms with van der Waals surface area (Å²) in [5, 5.41) is 0.585. The van der Waals surface area contributed by atoms with Crippen LogP contribution in [0.1, 0.15) is 0 Å². The standard InChI is InChI=1S/C11H14ClN3O2S/c1-16-4-5-17-3-2-15-10-9(14-11(15)18)6-8(12)7-13-10/h6-7H,2-5H2,1H3,(H,14,18). The molecule has 1 N–H and O–H groups in total.